The van der Waals surface area contributed by atoms with E-state index in [0.29, 0.717) is 29.1 Å². The zero-order valence-corrected chi connectivity index (χ0v) is 19.6. The zero-order chi connectivity index (χ0) is 24.6. The highest BCUT2D eigenvalue weighted by Gasteiger charge is 2.24. The SMILES string of the molecule is C=N/C(=N\C(=C/C)Nc1ccnc(Nc2ccc(NC(=O)C3CNC3)cc2)n1)c1cccc(C)n1. The number of hydrogen-bond donors (Lipinski definition) is 4. The summed E-state index contributed by atoms with van der Waals surface area (Å²) in [5.41, 5.74) is 3.04. The molecular weight excluding hydrogens is 442 g/mol. The lowest BCUT2D eigenvalue weighted by atomic mass is 10.0. The number of aliphatic imine (C=N–C) groups is 2. The molecule has 1 aromatic carbocycles. The molecule has 10 nitrogen and oxygen atoms in total. The Morgan fingerprint density at radius 3 is 2.51 bits per heavy atom. The number of aromatic nitrogens is 3. The van der Waals surface area contributed by atoms with Crippen molar-refractivity contribution >= 4 is 41.6 Å². The highest BCUT2D eigenvalue weighted by atomic mass is 16.2. The average molecular weight is 470 g/mol. The molecule has 1 amide bonds. The first kappa shape index (κ1) is 23.7. The summed E-state index contributed by atoms with van der Waals surface area (Å²) in [6.45, 7) is 8.84. The molecule has 10 heteroatoms. The van der Waals surface area contributed by atoms with E-state index in [-0.39, 0.29) is 11.8 Å². The number of amidine groups is 1. The van der Waals surface area contributed by atoms with Crippen LogP contribution in [-0.2, 0) is 4.79 Å². The number of nitrogens with zero attached hydrogens (tertiary/aromatic N) is 5. The van der Waals surface area contributed by atoms with Crippen LogP contribution in [0.3, 0.4) is 0 Å². The number of allylic oxidation sites excluding steroid dienone is 1. The second kappa shape index (κ2) is 11.1. The molecule has 1 aliphatic heterocycles. The van der Waals surface area contributed by atoms with Gasteiger partial charge in [-0.3, -0.25) is 4.79 Å². The Balaban J connectivity index is 1.41. The third kappa shape index (κ3) is 6.33. The lowest BCUT2D eigenvalue weighted by Gasteiger charge is -2.25. The minimum Gasteiger partial charge on any atom is -0.326 e. The number of carbonyl (C=O) groups is 1. The fourth-order valence-corrected chi connectivity index (χ4v) is 3.22. The van der Waals surface area contributed by atoms with Gasteiger partial charge in [0.1, 0.15) is 17.3 Å². The lowest BCUT2D eigenvalue weighted by Crippen LogP contribution is -2.48. The molecule has 3 heterocycles. The van der Waals surface area contributed by atoms with Crippen LogP contribution in [0.4, 0.5) is 23.1 Å². The van der Waals surface area contributed by atoms with Gasteiger partial charge in [0.15, 0.2) is 5.84 Å². The van der Waals surface area contributed by atoms with Gasteiger partial charge < -0.3 is 21.3 Å². The number of anilines is 4. The van der Waals surface area contributed by atoms with E-state index in [2.05, 4.69) is 52.9 Å². The van der Waals surface area contributed by atoms with Gasteiger partial charge in [-0.2, -0.15) is 4.98 Å². The minimum absolute atomic E-state index is 0.0296. The predicted molar refractivity (Wildman–Crippen MR) is 139 cm³/mol. The van der Waals surface area contributed by atoms with Crippen LogP contribution >= 0.6 is 0 Å². The molecule has 3 aromatic rings. The van der Waals surface area contributed by atoms with E-state index < -0.39 is 0 Å². The molecule has 0 bridgehead atoms. The van der Waals surface area contributed by atoms with Crippen LogP contribution in [0.1, 0.15) is 18.3 Å². The van der Waals surface area contributed by atoms with Crippen molar-refractivity contribution in [2.45, 2.75) is 13.8 Å². The summed E-state index contributed by atoms with van der Waals surface area (Å²) < 4.78 is 0. The number of carbonyl (C=O) groups excluding carboxylic acids is 1. The maximum atomic E-state index is 12.1. The molecule has 1 saturated heterocycles. The summed E-state index contributed by atoms with van der Waals surface area (Å²) in [6, 6.07) is 14.8. The summed E-state index contributed by atoms with van der Waals surface area (Å²) in [5.74, 6) is 1.98. The number of hydrogen-bond acceptors (Lipinski definition) is 8. The molecule has 178 valence electrons. The quantitative estimate of drug-likeness (QED) is 0.294. The van der Waals surface area contributed by atoms with Gasteiger partial charge in [0, 0.05) is 36.4 Å². The van der Waals surface area contributed by atoms with Crippen LogP contribution in [0.15, 0.2) is 76.6 Å². The molecule has 4 rings (SSSR count). The molecule has 1 aliphatic rings. The Morgan fingerprint density at radius 1 is 1.09 bits per heavy atom. The van der Waals surface area contributed by atoms with Crippen LogP contribution in [0.25, 0.3) is 0 Å². The largest absolute Gasteiger partial charge is 0.326 e. The van der Waals surface area contributed by atoms with Gasteiger partial charge in [-0.05, 0) is 69.1 Å². The van der Waals surface area contributed by atoms with Crippen molar-refractivity contribution in [3.05, 3.63) is 78.0 Å². The lowest BCUT2D eigenvalue weighted by molar-refractivity contribution is -0.121. The Hall–Kier alpha value is -4.44. The van der Waals surface area contributed by atoms with Crippen molar-refractivity contribution in [1.82, 2.24) is 20.3 Å². The number of amides is 1. The van der Waals surface area contributed by atoms with E-state index in [4.69, 9.17) is 0 Å². The van der Waals surface area contributed by atoms with Crippen molar-refractivity contribution < 1.29 is 4.79 Å². The molecular formula is C25H27N9O. The first-order chi connectivity index (χ1) is 17.0. The fraction of sp³-hybridized carbons (Fsp3) is 0.200. The second-order valence-corrected chi connectivity index (χ2v) is 7.87. The van der Waals surface area contributed by atoms with E-state index in [1.54, 1.807) is 12.3 Å². The maximum absolute atomic E-state index is 12.1. The zero-order valence-electron chi connectivity index (χ0n) is 19.6. The van der Waals surface area contributed by atoms with Crippen molar-refractivity contribution in [1.29, 1.82) is 0 Å². The van der Waals surface area contributed by atoms with Gasteiger partial charge in [-0.25, -0.2) is 20.0 Å². The molecule has 0 unspecified atom stereocenters. The first-order valence-corrected chi connectivity index (χ1v) is 11.2. The van der Waals surface area contributed by atoms with Crippen LogP contribution in [-0.4, -0.2) is 46.5 Å². The third-order valence-electron chi connectivity index (χ3n) is 5.24. The molecule has 1 fully saturated rings. The molecule has 2 aromatic heterocycles. The Kier molecular flexibility index (Phi) is 7.53. The maximum Gasteiger partial charge on any atom is 0.230 e. The topological polar surface area (TPSA) is 129 Å². The van der Waals surface area contributed by atoms with E-state index in [1.165, 1.54) is 0 Å². The summed E-state index contributed by atoms with van der Waals surface area (Å²) in [5, 5.41) is 12.4. The highest BCUT2D eigenvalue weighted by Crippen LogP contribution is 2.19. The molecule has 35 heavy (non-hydrogen) atoms. The minimum atomic E-state index is 0.0296. The third-order valence-corrected chi connectivity index (χ3v) is 5.24. The van der Waals surface area contributed by atoms with Crippen molar-refractivity contribution in [2.75, 3.05) is 29.0 Å². The molecule has 0 aliphatic carbocycles. The predicted octanol–water partition coefficient (Wildman–Crippen LogP) is 3.50. The second-order valence-electron chi connectivity index (χ2n) is 7.87. The van der Waals surface area contributed by atoms with Gasteiger partial charge in [-0.1, -0.05) is 6.07 Å². The molecule has 0 atom stereocenters. The summed E-state index contributed by atoms with van der Waals surface area (Å²) in [7, 11) is 0. The summed E-state index contributed by atoms with van der Waals surface area (Å²) in [4.78, 5) is 33.9. The van der Waals surface area contributed by atoms with Crippen molar-refractivity contribution in [3.63, 3.8) is 0 Å². The van der Waals surface area contributed by atoms with Gasteiger partial charge in [0.2, 0.25) is 11.9 Å². The molecule has 0 radical (unpaired) electrons. The summed E-state index contributed by atoms with van der Waals surface area (Å²) >= 11 is 0. The van der Waals surface area contributed by atoms with Gasteiger partial charge in [-0.15, -0.1) is 0 Å². The average Bonchev–Trinajstić information content (AvgIpc) is 2.82. The van der Waals surface area contributed by atoms with Crippen LogP contribution in [0, 0.1) is 12.8 Å². The molecule has 4 N–H and O–H groups in total. The van der Waals surface area contributed by atoms with E-state index in [1.807, 2.05) is 62.4 Å². The van der Waals surface area contributed by atoms with E-state index in [0.717, 1.165) is 30.2 Å². The number of pyridine rings is 1. The van der Waals surface area contributed by atoms with Crippen molar-refractivity contribution in [3.8, 4) is 0 Å². The Bertz CT molecular complexity index is 1260. The normalized spacial score (nSPS) is 14.1. The van der Waals surface area contributed by atoms with Crippen LogP contribution in [0.5, 0.6) is 0 Å². The fourth-order valence-electron chi connectivity index (χ4n) is 3.22. The van der Waals surface area contributed by atoms with Crippen LogP contribution < -0.4 is 21.3 Å². The number of benzene rings is 1. The smallest absolute Gasteiger partial charge is 0.230 e. The Morgan fingerprint density at radius 2 is 1.86 bits per heavy atom. The van der Waals surface area contributed by atoms with Crippen LogP contribution in [0.2, 0.25) is 0 Å². The Labute approximate surface area is 203 Å². The number of aryl methyl sites for hydroxylation is 1. The van der Waals surface area contributed by atoms with Gasteiger partial charge >= 0.3 is 0 Å². The molecule has 0 spiro atoms. The monoisotopic (exact) mass is 469 g/mol. The standard InChI is InChI=1S/C25H27N9O/c1-4-21(33-23(26-3)20-7-5-6-16(2)29-20)32-22-12-13-28-25(34-22)31-19-10-8-18(9-11-19)30-24(35)17-14-27-15-17/h4-13,17,27H,3,14-15H2,1-2H3,(H,30,35)(H2,28,31,32,34)/b21-4-,33-23-. The van der Waals surface area contributed by atoms with Gasteiger partial charge in [0.05, 0.1) is 5.92 Å². The number of nitrogens with one attached hydrogen (secondary N) is 4. The van der Waals surface area contributed by atoms with E-state index in [9.17, 15) is 4.79 Å². The summed E-state index contributed by atoms with van der Waals surface area (Å²) in [6.07, 6.45) is 3.45. The molecule has 0 saturated carbocycles. The highest BCUT2D eigenvalue weighted by molar-refractivity contribution is 6.00. The van der Waals surface area contributed by atoms with Gasteiger partial charge in [0.25, 0.3) is 0 Å². The first-order valence-electron chi connectivity index (χ1n) is 11.2. The number of rotatable bonds is 8. The van der Waals surface area contributed by atoms with Crippen molar-refractivity contribution in [2.24, 2.45) is 15.9 Å². The van der Waals surface area contributed by atoms with E-state index >= 15 is 0 Å².